The largest absolute Gasteiger partial charge is 0.503 e. The van der Waals surface area contributed by atoms with Crippen LogP contribution in [0, 0.1) is 0 Å². The van der Waals surface area contributed by atoms with Crippen LogP contribution in [-0.2, 0) is 10.1 Å². The molecule has 0 unspecified atom stereocenters. The molecule has 2 aromatic carbocycles. The number of ether oxygens (including phenoxy) is 1. The molecule has 0 spiro atoms. The lowest BCUT2D eigenvalue weighted by Gasteiger charge is -2.11. The molecule has 2 rings (SSSR count). The van der Waals surface area contributed by atoms with Gasteiger partial charge in [-0.05, 0) is 12.1 Å². The van der Waals surface area contributed by atoms with Crippen molar-refractivity contribution in [2.45, 2.75) is 4.90 Å². The quantitative estimate of drug-likeness (QED) is 0.660. The minimum Gasteiger partial charge on any atom is -0.503 e. The first-order chi connectivity index (χ1) is 9.86. The molecule has 0 amide bonds. The molecule has 21 heavy (non-hydrogen) atoms. The lowest BCUT2D eigenvalue weighted by Crippen LogP contribution is -2.07. The van der Waals surface area contributed by atoms with Gasteiger partial charge in [0.25, 0.3) is 10.1 Å². The third kappa shape index (κ3) is 2.88. The molecule has 0 saturated carbocycles. The first kappa shape index (κ1) is 15.0. The van der Waals surface area contributed by atoms with E-state index in [1.165, 1.54) is 13.2 Å². The Morgan fingerprint density at radius 1 is 1.10 bits per heavy atom. The van der Waals surface area contributed by atoms with E-state index < -0.39 is 26.5 Å². The molecular weight excluding hydrogens is 296 g/mol. The van der Waals surface area contributed by atoms with E-state index in [2.05, 4.69) is 0 Å². The molecule has 0 heterocycles. The van der Waals surface area contributed by atoms with Crippen LogP contribution in [0.1, 0.15) is 15.9 Å². The highest BCUT2D eigenvalue weighted by molar-refractivity contribution is 7.86. The zero-order valence-corrected chi connectivity index (χ0v) is 11.8. The van der Waals surface area contributed by atoms with Gasteiger partial charge in [-0.2, -0.15) is 8.42 Å². The molecule has 0 aromatic heterocycles. The maximum absolute atomic E-state index is 12.3. The average Bonchev–Trinajstić information content (AvgIpc) is 2.45. The van der Waals surface area contributed by atoms with Crippen LogP contribution in [0.2, 0.25) is 0 Å². The Bertz CT molecular complexity index is 781. The van der Waals surface area contributed by atoms with Gasteiger partial charge in [-0.1, -0.05) is 30.3 Å². The van der Waals surface area contributed by atoms with Crippen LogP contribution >= 0.6 is 0 Å². The number of phenolic OH excluding ortho intramolecular Hbond substituents is 1. The van der Waals surface area contributed by atoms with Crippen LogP contribution in [0.15, 0.2) is 47.4 Å². The van der Waals surface area contributed by atoms with Crippen molar-refractivity contribution in [1.82, 2.24) is 0 Å². The molecule has 0 fully saturated rings. The highest BCUT2D eigenvalue weighted by Gasteiger charge is 2.24. The number of carbonyl (C=O) groups excluding carboxylic acids is 1. The fraction of sp³-hybridized carbons (Fsp3) is 0.0714. The number of hydrogen-bond acceptors (Lipinski definition) is 5. The minimum atomic E-state index is -4.61. The lowest BCUT2D eigenvalue weighted by molar-refractivity contribution is 0.103. The Balaban J connectivity index is 2.62. The Morgan fingerprint density at radius 2 is 1.71 bits per heavy atom. The monoisotopic (exact) mass is 308 g/mol. The second-order valence-electron chi connectivity index (χ2n) is 4.16. The Hall–Kier alpha value is -2.38. The number of benzene rings is 2. The van der Waals surface area contributed by atoms with Crippen molar-refractivity contribution >= 4 is 15.9 Å². The number of aromatic hydroxyl groups is 1. The van der Waals surface area contributed by atoms with Gasteiger partial charge in [-0.3, -0.25) is 9.35 Å². The zero-order valence-electron chi connectivity index (χ0n) is 11.0. The summed E-state index contributed by atoms with van der Waals surface area (Å²) in [6.45, 7) is 0. The van der Waals surface area contributed by atoms with Gasteiger partial charge in [0, 0.05) is 5.56 Å². The number of ketones is 1. The van der Waals surface area contributed by atoms with Crippen LogP contribution in [0.5, 0.6) is 11.5 Å². The summed E-state index contributed by atoms with van der Waals surface area (Å²) in [5.41, 5.74) is 0.350. The molecule has 0 aliphatic rings. The van der Waals surface area contributed by atoms with Gasteiger partial charge >= 0.3 is 0 Å². The van der Waals surface area contributed by atoms with Gasteiger partial charge in [-0.15, -0.1) is 0 Å². The molecule has 7 heteroatoms. The standard InChI is InChI=1S/C14H12O6S/c1-20-14-10(12(15)9-5-3-2-4-6-9)7-8-11(13(14)16)21(17,18)19/h2-8,16H,1H3,(H,17,18,19). The van der Waals surface area contributed by atoms with Crippen molar-refractivity contribution in [1.29, 1.82) is 0 Å². The normalized spacial score (nSPS) is 11.1. The van der Waals surface area contributed by atoms with Crippen LogP contribution in [0.25, 0.3) is 0 Å². The number of phenols is 1. The van der Waals surface area contributed by atoms with Crippen LogP contribution < -0.4 is 4.74 Å². The molecular formula is C14H12O6S. The highest BCUT2D eigenvalue weighted by atomic mass is 32.2. The molecule has 0 aliphatic heterocycles. The molecule has 110 valence electrons. The fourth-order valence-electron chi connectivity index (χ4n) is 1.89. The van der Waals surface area contributed by atoms with E-state index in [0.717, 1.165) is 6.07 Å². The second-order valence-corrected chi connectivity index (χ2v) is 5.55. The summed E-state index contributed by atoms with van der Waals surface area (Å²) >= 11 is 0. The molecule has 0 atom stereocenters. The molecule has 0 aliphatic carbocycles. The first-order valence-electron chi connectivity index (χ1n) is 5.83. The summed E-state index contributed by atoms with van der Waals surface area (Å²) in [6.07, 6.45) is 0. The van der Waals surface area contributed by atoms with E-state index in [1.54, 1.807) is 30.3 Å². The van der Waals surface area contributed by atoms with E-state index in [4.69, 9.17) is 9.29 Å². The Labute approximate surface area is 121 Å². The van der Waals surface area contributed by atoms with Gasteiger partial charge in [-0.25, -0.2) is 0 Å². The second kappa shape index (κ2) is 5.55. The first-order valence-corrected chi connectivity index (χ1v) is 7.27. The van der Waals surface area contributed by atoms with Crippen molar-refractivity contribution in [2.24, 2.45) is 0 Å². The topological polar surface area (TPSA) is 101 Å². The smallest absolute Gasteiger partial charge is 0.298 e. The fourth-order valence-corrected chi connectivity index (χ4v) is 2.47. The van der Waals surface area contributed by atoms with Crippen LogP contribution in [0.3, 0.4) is 0 Å². The molecule has 2 aromatic rings. The van der Waals surface area contributed by atoms with Crippen LogP contribution in [0.4, 0.5) is 0 Å². The van der Waals surface area contributed by atoms with E-state index in [9.17, 15) is 18.3 Å². The van der Waals surface area contributed by atoms with Crippen molar-refractivity contribution in [2.75, 3.05) is 7.11 Å². The van der Waals surface area contributed by atoms with Gasteiger partial charge in [0.15, 0.2) is 17.3 Å². The van der Waals surface area contributed by atoms with E-state index in [-0.39, 0.29) is 11.3 Å². The summed E-state index contributed by atoms with van der Waals surface area (Å²) < 4.78 is 36.2. The van der Waals surface area contributed by atoms with E-state index in [0.29, 0.717) is 5.56 Å². The maximum Gasteiger partial charge on any atom is 0.298 e. The lowest BCUT2D eigenvalue weighted by atomic mass is 10.0. The number of rotatable bonds is 4. The summed E-state index contributed by atoms with van der Waals surface area (Å²) in [6, 6.07) is 10.4. The molecule has 6 nitrogen and oxygen atoms in total. The highest BCUT2D eigenvalue weighted by Crippen LogP contribution is 2.37. The van der Waals surface area contributed by atoms with Crippen molar-refractivity contribution < 1.29 is 27.6 Å². The van der Waals surface area contributed by atoms with Crippen LogP contribution in [-0.4, -0.2) is 31.0 Å². The van der Waals surface area contributed by atoms with E-state index >= 15 is 0 Å². The molecule has 2 N–H and O–H groups in total. The Kier molecular flexibility index (Phi) is 3.97. The van der Waals surface area contributed by atoms with E-state index in [1.807, 2.05) is 0 Å². The Morgan fingerprint density at radius 3 is 2.24 bits per heavy atom. The number of hydrogen-bond donors (Lipinski definition) is 2. The molecule has 0 saturated heterocycles. The summed E-state index contributed by atoms with van der Waals surface area (Å²) in [5.74, 6) is -1.55. The summed E-state index contributed by atoms with van der Waals surface area (Å²) in [5, 5.41) is 9.88. The van der Waals surface area contributed by atoms with Gasteiger partial charge in [0.05, 0.1) is 12.7 Å². The third-order valence-corrected chi connectivity index (χ3v) is 3.74. The van der Waals surface area contributed by atoms with Crippen molar-refractivity contribution in [3.05, 3.63) is 53.6 Å². The third-order valence-electron chi connectivity index (χ3n) is 2.86. The maximum atomic E-state index is 12.3. The summed E-state index contributed by atoms with van der Waals surface area (Å²) in [7, 11) is -3.43. The zero-order chi connectivity index (χ0) is 15.6. The molecule has 0 bridgehead atoms. The predicted octanol–water partition coefficient (Wildman–Crippen LogP) is 1.88. The van der Waals surface area contributed by atoms with Gasteiger partial charge < -0.3 is 9.84 Å². The molecule has 0 radical (unpaired) electrons. The van der Waals surface area contributed by atoms with Crippen molar-refractivity contribution in [3.8, 4) is 11.5 Å². The average molecular weight is 308 g/mol. The van der Waals surface area contributed by atoms with Gasteiger partial charge in [0.2, 0.25) is 0 Å². The number of carbonyl (C=O) groups is 1. The number of methoxy groups -OCH3 is 1. The van der Waals surface area contributed by atoms with Gasteiger partial charge in [0.1, 0.15) is 4.90 Å². The minimum absolute atomic E-state index is 0.00593. The summed E-state index contributed by atoms with van der Waals surface area (Å²) in [4.78, 5) is 11.6. The predicted molar refractivity (Wildman–Crippen MR) is 74.3 cm³/mol. The van der Waals surface area contributed by atoms with Crippen molar-refractivity contribution in [3.63, 3.8) is 0 Å². The SMILES string of the molecule is COc1c(C(=O)c2ccccc2)ccc(S(=O)(=O)O)c1O.